The summed E-state index contributed by atoms with van der Waals surface area (Å²) in [6, 6.07) is 17.1. The molecule has 7 heteroatoms. The predicted octanol–water partition coefficient (Wildman–Crippen LogP) is 7.25. The number of amides is 2. The molecule has 0 unspecified atom stereocenters. The molecule has 0 spiro atoms. The Morgan fingerprint density at radius 2 is 1.87 bits per heavy atom. The highest BCUT2D eigenvalue weighted by Crippen LogP contribution is 2.45. The lowest BCUT2D eigenvalue weighted by atomic mass is 9.69. The summed E-state index contributed by atoms with van der Waals surface area (Å²) in [4.78, 5) is 32.4. The molecule has 0 radical (unpaired) electrons. The highest BCUT2D eigenvalue weighted by atomic mass is 32.1. The lowest BCUT2D eigenvalue weighted by Crippen LogP contribution is -2.29. The van der Waals surface area contributed by atoms with Crippen LogP contribution in [0.5, 0.6) is 5.75 Å². The quantitative estimate of drug-likeness (QED) is 0.246. The summed E-state index contributed by atoms with van der Waals surface area (Å²) in [7, 11) is 0. The van der Waals surface area contributed by atoms with Crippen LogP contribution in [0.25, 0.3) is 22.2 Å². The number of rotatable bonds is 8. The summed E-state index contributed by atoms with van der Waals surface area (Å²) in [6.07, 6.45) is 3.81. The largest absolute Gasteiger partial charge is 0.494 e. The Labute approximate surface area is 233 Å². The Balaban J connectivity index is 1.51. The van der Waals surface area contributed by atoms with Gasteiger partial charge in [0.05, 0.1) is 28.9 Å². The number of nitrogens with one attached hydrogen (secondary N) is 1. The van der Waals surface area contributed by atoms with Gasteiger partial charge in [-0.15, -0.1) is 11.3 Å². The number of anilines is 1. The van der Waals surface area contributed by atoms with Gasteiger partial charge < -0.3 is 15.8 Å². The van der Waals surface area contributed by atoms with E-state index in [1.807, 2.05) is 61.5 Å². The maximum atomic E-state index is 13.8. The van der Waals surface area contributed by atoms with E-state index in [4.69, 9.17) is 15.5 Å². The Kier molecular flexibility index (Phi) is 7.45. The fourth-order valence-corrected chi connectivity index (χ4v) is 6.79. The average molecular weight is 542 g/mol. The van der Waals surface area contributed by atoms with Crippen LogP contribution in [0.2, 0.25) is 0 Å². The van der Waals surface area contributed by atoms with Crippen LogP contribution in [-0.4, -0.2) is 23.4 Å². The van der Waals surface area contributed by atoms with Crippen molar-refractivity contribution in [2.24, 2.45) is 17.1 Å². The van der Waals surface area contributed by atoms with E-state index in [1.165, 1.54) is 11.3 Å². The zero-order chi connectivity index (χ0) is 27.7. The van der Waals surface area contributed by atoms with E-state index in [0.717, 1.165) is 58.3 Å². The fraction of sp³-hybridized carbons (Fsp3) is 0.344. The van der Waals surface area contributed by atoms with E-state index >= 15 is 0 Å². The lowest BCUT2D eigenvalue weighted by molar-refractivity contribution is 0.0999. The highest BCUT2D eigenvalue weighted by molar-refractivity contribution is 7.17. The summed E-state index contributed by atoms with van der Waals surface area (Å²) < 4.78 is 5.57. The first kappa shape index (κ1) is 26.9. The number of aromatic nitrogens is 1. The fourth-order valence-electron chi connectivity index (χ4n) is 5.46. The SMILES string of the molecule is CCOc1ccc(-c2cc(C(=O)Nc3sc4c(c3C(N)=O)CC[C@H](C(C)(C)CC)C4)c3ccccc3n2)cc1. The number of ether oxygens (including phenoxy) is 1. The van der Waals surface area contributed by atoms with Crippen molar-refractivity contribution in [2.75, 3.05) is 11.9 Å². The van der Waals surface area contributed by atoms with Gasteiger partial charge in [-0.3, -0.25) is 9.59 Å². The zero-order valence-corrected chi connectivity index (χ0v) is 23.8. The number of hydrogen-bond donors (Lipinski definition) is 2. The third-order valence-corrected chi connectivity index (χ3v) is 9.35. The minimum Gasteiger partial charge on any atom is -0.494 e. The summed E-state index contributed by atoms with van der Waals surface area (Å²) >= 11 is 1.49. The van der Waals surface area contributed by atoms with Gasteiger partial charge in [-0.05, 0) is 79.5 Å². The van der Waals surface area contributed by atoms with Gasteiger partial charge in [0.25, 0.3) is 11.8 Å². The molecular weight excluding hydrogens is 506 g/mol. The molecule has 1 aliphatic rings. The summed E-state index contributed by atoms with van der Waals surface area (Å²) in [5.41, 5.74) is 10.3. The molecule has 2 heterocycles. The number of carbonyl (C=O) groups excluding carboxylic acids is 2. The molecule has 2 aromatic carbocycles. The Hall–Kier alpha value is -3.71. The number of fused-ring (bicyclic) bond motifs is 2. The van der Waals surface area contributed by atoms with Crippen molar-refractivity contribution in [3.8, 4) is 17.0 Å². The van der Waals surface area contributed by atoms with Crippen molar-refractivity contribution in [3.63, 3.8) is 0 Å². The molecule has 1 aliphatic carbocycles. The van der Waals surface area contributed by atoms with E-state index < -0.39 is 5.91 Å². The molecule has 202 valence electrons. The van der Waals surface area contributed by atoms with Gasteiger partial charge in [-0.1, -0.05) is 45.4 Å². The summed E-state index contributed by atoms with van der Waals surface area (Å²) in [6.45, 7) is 9.38. The third-order valence-electron chi connectivity index (χ3n) is 8.18. The molecule has 0 aliphatic heterocycles. The molecule has 0 saturated heterocycles. The molecule has 1 atom stereocenters. The molecule has 0 fully saturated rings. The van der Waals surface area contributed by atoms with Gasteiger partial charge >= 0.3 is 0 Å². The van der Waals surface area contributed by atoms with E-state index in [-0.39, 0.29) is 11.3 Å². The number of primary amides is 1. The van der Waals surface area contributed by atoms with Crippen molar-refractivity contribution in [1.82, 2.24) is 4.98 Å². The van der Waals surface area contributed by atoms with Gasteiger partial charge in [-0.25, -0.2) is 4.98 Å². The number of hydrogen-bond acceptors (Lipinski definition) is 5. The van der Waals surface area contributed by atoms with Crippen LogP contribution in [-0.2, 0) is 12.8 Å². The van der Waals surface area contributed by atoms with Gasteiger partial charge in [0.15, 0.2) is 0 Å². The molecular formula is C32H35N3O3S. The van der Waals surface area contributed by atoms with Crippen LogP contribution in [0, 0.1) is 11.3 Å². The molecule has 2 aromatic heterocycles. The molecule has 0 bridgehead atoms. The molecule has 3 N–H and O–H groups in total. The molecule has 4 aromatic rings. The second-order valence-electron chi connectivity index (χ2n) is 10.8. The van der Waals surface area contributed by atoms with Crippen molar-refractivity contribution in [2.45, 2.75) is 53.4 Å². The monoisotopic (exact) mass is 541 g/mol. The standard InChI is InChI=1S/C32H35N3O3S/c1-5-32(3,4)20-13-16-23-27(17-20)39-31(28(23)29(33)36)35-30(37)24-18-26(34-25-10-8-7-9-22(24)25)19-11-14-21(15-12-19)38-6-2/h7-12,14-15,18,20H,5-6,13,16-17H2,1-4H3,(H2,33,36)(H,35,37)/t20-/m0/s1. The first-order valence-corrected chi connectivity index (χ1v) is 14.4. The van der Waals surface area contributed by atoms with Crippen LogP contribution >= 0.6 is 11.3 Å². The van der Waals surface area contributed by atoms with Crippen LogP contribution in [0.3, 0.4) is 0 Å². The van der Waals surface area contributed by atoms with Crippen molar-refractivity contribution in [1.29, 1.82) is 0 Å². The average Bonchev–Trinajstić information content (AvgIpc) is 3.30. The van der Waals surface area contributed by atoms with Crippen molar-refractivity contribution < 1.29 is 14.3 Å². The van der Waals surface area contributed by atoms with Crippen LogP contribution in [0.1, 0.15) is 71.7 Å². The first-order chi connectivity index (χ1) is 18.7. The Morgan fingerprint density at radius 3 is 2.56 bits per heavy atom. The Morgan fingerprint density at radius 1 is 1.13 bits per heavy atom. The maximum Gasteiger partial charge on any atom is 0.257 e. The van der Waals surface area contributed by atoms with Gasteiger partial charge in [-0.2, -0.15) is 0 Å². The van der Waals surface area contributed by atoms with Crippen LogP contribution in [0.15, 0.2) is 54.6 Å². The zero-order valence-electron chi connectivity index (χ0n) is 23.0. The topological polar surface area (TPSA) is 94.3 Å². The van der Waals surface area contributed by atoms with Crippen molar-refractivity contribution >= 4 is 39.1 Å². The van der Waals surface area contributed by atoms with E-state index in [0.29, 0.717) is 34.3 Å². The van der Waals surface area contributed by atoms with Crippen molar-refractivity contribution in [3.05, 3.63) is 76.2 Å². The predicted molar refractivity (Wildman–Crippen MR) is 159 cm³/mol. The number of nitrogens with two attached hydrogens (primary N) is 1. The molecule has 39 heavy (non-hydrogen) atoms. The number of carbonyl (C=O) groups is 2. The maximum absolute atomic E-state index is 13.8. The Bertz CT molecular complexity index is 1540. The summed E-state index contributed by atoms with van der Waals surface area (Å²) in [5, 5.41) is 4.35. The normalized spacial score (nSPS) is 15.1. The minimum absolute atomic E-state index is 0.213. The smallest absolute Gasteiger partial charge is 0.257 e. The van der Waals surface area contributed by atoms with E-state index in [2.05, 4.69) is 26.1 Å². The van der Waals surface area contributed by atoms with E-state index in [1.54, 1.807) is 0 Å². The lowest BCUT2D eigenvalue weighted by Gasteiger charge is -2.36. The number of benzene rings is 2. The summed E-state index contributed by atoms with van der Waals surface area (Å²) in [5.74, 6) is 0.530. The number of para-hydroxylation sites is 1. The van der Waals surface area contributed by atoms with Gasteiger partial charge in [0.2, 0.25) is 0 Å². The van der Waals surface area contributed by atoms with Gasteiger partial charge in [0.1, 0.15) is 10.8 Å². The second kappa shape index (κ2) is 10.8. The number of thiophene rings is 1. The van der Waals surface area contributed by atoms with Gasteiger partial charge in [0, 0.05) is 15.8 Å². The van der Waals surface area contributed by atoms with E-state index in [9.17, 15) is 9.59 Å². The first-order valence-electron chi connectivity index (χ1n) is 13.6. The minimum atomic E-state index is -0.495. The number of nitrogens with zero attached hydrogens (tertiary/aromatic N) is 1. The van der Waals surface area contributed by atoms with Crippen LogP contribution < -0.4 is 15.8 Å². The van der Waals surface area contributed by atoms with Crippen LogP contribution in [0.4, 0.5) is 5.00 Å². The molecule has 0 saturated carbocycles. The number of pyridine rings is 1. The molecule has 2 amide bonds. The third kappa shape index (κ3) is 5.28. The second-order valence-corrected chi connectivity index (χ2v) is 11.9. The highest BCUT2D eigenvalue weighted by Gasteiger charge is 2.35. The molecule has 5 rings (SSSR count). The molecule has 6 nitrogen and oxygen atoms in total.